The Hall–Kier alpha value is -2.30. The minimum absolute atomic E-state index is 0.133. The number of H-pyrrole nitrogens is 1. The van der Waals surface area contributed by atoms with Crippen LogP contribution in [0, 0.1) is 6.92 Å². The number of rotatable bonds is 3. The van der Waals surface area contributed by atoms with E-state index in [1.54, 1.807) is 25.3 Å². The molecule has 1 aliphatic heterocycles. The van der Waals surface area contributed by atoms with Crippen LogP contribution in [0.4, 0.5) is 0 Å². The molecule has 3 aromatic rings. The SMILES string of the molecule is Cc1nc(C2CN(S(=O)(=O)c3c[nH]c4ncccc34)CCO2)no1. The third-order valence-corrected chi connectivity index (χ3v) is 5.80. The van der Waals surface area contributed by atoms with Crippen LogP contribution in [-0.4, -0.2) is 52.5 Å². The monoisotopic (exact) mass is 349 g/mol. The Morgan fingerprint density at radius 2 is 2.29 bits per heavy atom. The van der Waals surface area contributed by atoms with Crippen molar-refractivity contribution < 1.29 is 17.7 Å². The molecule has 0 aromatic carbocycles. The van der Waals surface area contributed by atoms with Gasteiger partial charge in [0.25, 0.3) is 0 Å². The fourth-order valence-corrected chi connectivity index (χ4v) is 4.30. The molecule has 10 heteroatoms. The summed E-state index contributed by atoms with van der Waals surface area (Å²) in [6.07, 6.45) is 2.53. The molecule has 4 rings (SSSR count). The van der Waals surface area contributed by atoms with Gasteiger partial charge in [-0.3, -0.25) is 0 Å². The number of hydrogen-bond acceptors (Lipinski definition) is 7. The van der Waals surface area contributed by atoms with E-state index in [0.29, 0.717) is 22.7 Å². The summed E-state index contributed by atoms with van der Waals surface area (Å²) in [6.45, 7) is 2.34. The number of sulfonamides is 1. The van der Waals surface area contributed by atoms with Gasteiger partial charge in [0.15, 0.2) is 0 Å². The molecule has 9 nitrogen and oxygen atoms in total. The van der Waals surface area contributed by atoms with Gasteiger partial charge >= 0.3 is 0 Å². The molecule has 0 radical (unpaired) electrons. The molecule has 1 atom stereocenters. The molecular weight excluding hydrogens is 334 g/mol. The normalized spacial score (nSPS) is 19.8. The standard InChI is InChI=1S/C14H15N5O4S/c1-9-17-14(18-23-9)11-8-19(5-6-22-11)24(20,21)12-7-16-13-10(12)3-2-4-15-13/h2-4,7,11H,5-6,8H2,1H3,(H,15,16). The molecule has 1 N–H and O–H groups in total. The average molecular weight is 349 g/mol. The molecule has 24 heavy (non-hydrogen) atoms. The van der Waals surface area contributed by atoms with Crippen LogP contribution in [0.25, 0.3) is 11.0 Å². The maximum Gasteiger partial charge on any atom is 0.245 e. The molecule has 0 spiro atoms. The lowest BCUT2D eigenvalue weighted by Crippen LogP contribution is -2.42. The van der Waals surface area contributed by atoms with E-state index in [1.165, 1.54) is 10.5 Å². The summed E-state index contributed by atoms with van der Waals surface area (Å²) < 4.78 is 37.9. The van der Waals surface area contributed by atoms with Gasteiger partial charge in [0.1, 0.15) is 16.6 Å². The number of pyridine rings is 1. The summed E-state index contributed by atoms with van der Waals surface area (Å²) in [4.78, 5) is 11.3. The van der Waals surface area contributed by atoms with E-state index < -0.39 is 16.1 Å². The minimum Gasteiger partial charge on any atom is -0.367 e. The Balaban J connectivity index is 1.66. The Morgan fingerprint density at radius 1 is 1.42 bits per heavy atom. The first-order valence-electron chi connectivity index (χ1n) is 7.40. The molecule has 0 amide bonds. The zero-order chi connectivity index (χ0) is 16.7. The summed E-state index contributed by atoms with van der Waals surface area (Å²) >= 11 is 0. The Bertz CT molecular complexity index is 980. The number of aromatic nitrogens is 4. The molecule has 1 aliphatic rings. The number of hydrogen-bond donors (Lipinski definition) is 1. The zero-order valence-corrected chi connectivity index (χ0v) is 13.7. The second kappa shape index (κ2) is 5.65. The van der Waals surface area contributed by atoms with Crippen LogP contribution in [0.1, 0.15) is 17.8 Å². The second-order valence-corrected chi connectivity index (χ2v) is 7.35. The minimum atomic E-state index is -3.68. The van der Waals surface area contributed by atoms with E-state index in [0.717, 1.165) is 0 Å². The predicted molar refractivity (Wildman–Crippen MR) is 82.6 cm³/mol. The third-order valence-electron chi connectivity index (χ3n) is 3.89. The smallest absolute Gasteiger partial charge is 0.245 e. The van der Waals surface area contributed by atoms with E-state index >= 15 is 0 Å². The van der Waals surface area contributed by atoms with Gasteiger partial charge in [-0.15, -0.1) is 0 Å². The van der Waals surface area contributed by atoms with E-state index in [1.807, 2.05) is 0 Å². The van der Waals surface area contributed by atoms with Crippen LogP contribution in [0.3, 0.4) is 0 Å². The van der Waals surface area contributed by atoms with Crippen molar-refractivity contribution in [1.29, 1.82) is 0 Å². The highest BCUT2D eigenvalue weighted by Gasteiger charge is 2.34. The van der Waals surface area contributed by atoms with Crippen LogP contribution < -0.4 is 0 Å². The van der Waals surface area contributed by atoms with Crippen molar-refractivity contribution in [2.75, 3.05) is 19.7 Å². The molecule has 1 fully saturated rings. The number of aryl methyl sites for hydroxylation is 1. The van der Waals surface area contributed by atoms with Gasteiger partial charge in [-0.2, -0.15) is 9.29 Å². The lowest BCUT2D eigenvalue weighted by atomic mass is 10.3. The summed E-state index contributed by atoms with van der Waals surface area (Å²) in [5.74, 6) is 0.768. The van der Waals surface area contributed by atoms with Crippen molar-refractivity contribution in [3.63, 3.8) is 0 Å². The lowest BCUT2D eigenvalue weighted by molar-refractivity contribution is -0.00856. The molecule has 4 heterocycles. The van der Waals surface area contributed by atoms with Gasteiger partial charge in [-0.1, -0.05) is 5.16 Å². The topological polar surface area (TPSA) is 114 Å². The van der Waals surface area contributed by atoms with E-state index in [9.17, 15) is 8.42 Å². The van der Waals surface area contributed by atoms with Gasteiger partial charge in [0, 0.05) is 37.8 Å². The van der Waals surface area contributed by atoms with E-state index in [2.05, 4.69) is 20.1 Å². The van der Waals surface area contributed by atoms with Crippen molar-refractivity contribution in [2.45, 2.75) is 17.9 Å². The molecule has 0 saturated carbocycles. The summed E-state index contributed by atoms with van der Waals surface area (Å²) in [5.41, 5.74) is 0.537. The van der Waals surface area contributed by atoms with Crippen molar-refractivity contribution in [3.8, 4) is 0 Å². The number of nitrogens with one attached hydrogen (secondary N) is 1. The maximum absolute atomic E-state index is 13.0. The molecule has 3 aromatic heterocycles. The van der Waals surface area contributed by atoms with Crippen LogP contribution >= 0.6 is 0 Å². The Kier molecular flexibility index (Phi) is 3.59. The number of ether oxygens (including phenoxy) is 1. The van der Waals surface area contributed by atoms with Gasteiger partial charge in [0.2, 0.25) is 21.7 Å². The van der Waals surface area contributed by atoms with Gasteiger partial charge in [0.05, 0.1) is 6.61 Å². The summed E-state index contributed by atoms with van der Waals surface area (Å²) in [6, 6.07) is 3.44. The largest absolute Gasteiger partial charge is 0.367 e. The van der Waals surface area contributed by atoms with Crippen molar-refractivity contribution in [2.24, 2.45) is 0 Å². The number of fused-ring (bicyclic) bond motifs is 1. The molecule has 0 aliphatic carbocycles. The average Bonchev–Trinajstić information content (AvgIpc) is 3.21. The van der Waals surface area contributed by atoms with Crippen LogP contribution in [0.15, 0.2) is 33.9 Å². The third kappa shape index (κ3) is 2.48. The zero-order valence-electron chi connectivity index (χ0n) is 12.8. The van der Waals surface area contributed by atoms with Gasteiger partial charge < -0.3 is 14.2 Å². The highest BCUT2D eigenvalue weighted by atomic mass is 32.2. The predicted octanol–water partition coefficient (Wildman–Crippen LogP) is 1.02. The van der Waals surface area contributed by atoms with E-state index in [-0.39, 0.29) is 24.6 Å². The first kappa shape index (κ1) is 15.2. The highest BCUT2D eigenvalue weighted by Crippen LogP contribution is 2.28. The quantitative estimate of drug-likeness (QED) is 0.750. The Morgan fingerprint density at radius 3 is 3.08 bits per heavy atom. The molecule has 126 valence electrons. The maximum atomic E-state index is 13.0. The summed E-state index contributed by atoms with van der Waals surface area (Å²) in [7, 11) is -3.68. The van der Waals surface area contributed by atoms with Gasteiger partial charge in [-0.25, -0.2) is 13.4 Å². The highest BCUT2D eigenvalue weighted by molar-refractivity contribution is 7.89. The van der Waals surface area contributed by atoms with Crippen LogP contribution in [0.2, 0.25) is 0 Å². The number of nitrogens with zero attached hydrogens (tertiary/aromatic N) is 4. The van der Waals surface area contributed by atoms with E-state index in [4.69, 9.17) is 9.26 Å². The first-order valence-corrected chi connectivity index (χ1v) is 8.84. The first-order chi connectivity index (χ1) is 11.6. The molecular formula is C14H15N5O4S. The number of aromatic amines is 1. The second-order valence-electron chi connectivity index (χ2n) is 5.45. The number of morpholine rings is 1. The van der Waals surface area contributed by atoms with Gasteiger partial charge in [-0.05, 0) is 12.1 Å². The van der Waals surface area contributed by atoms with Crippen molar-refractivity contribution >= 4 is 21.1 Å². The molecule has 1 saturated heterocycles. The van der Waals surface area contributed by atoms with Crippen molar-refractivity contribution in [3.05, 3.63) is 36.2 Å². The fraction of sp³-hybridized carbons (Fsp3) is 0.357. The van der Waals surface area contributed by atoms with Crippen LogP contribution in [-0.2, 0) is 14.8 Å². The molecule has 0 bridgehead atoms. The Labute approximate surface area is 137 Å². The summed E-state index contributed by atoms with van der Waals surface area (Å²) in [5, 5.41) is 4.39. The molecule has 1 unspecified atom stereocenters. The van der Waals surface area contributed by atoms with Crippen LogP contribution in [0.5, 0.6) is 0 Å². The lowest BCUT2D eigenvalue weighted by Gasteiger charge is -2.30. The fourth-order valence-electron chi connectivity index (χ4n) is 2.73. The van der Waals surface area contributed by atoms with Crippen molar-refractivity contribution in [1.82, 2.24) is 24.4 Å².